The molecule has 0 heterocycles. The molecule has 0 aliphatic rings. The second-order valence-electron chi connectivity index (χ2n) is 5.03. The molecule has 8 nitrogen and oxygen atoms in total. The summed E-state index contributed by atoms with van der Waals surface area (Å²) in [6.45, 7) is 2.26. The van der Waals surface area contributed by atoms with Crippen molar-refractivity contribution < 1.29 is 28.3 Å². The van der Waals surface area contributed by atoms with Crippen molar-refractivity contribution in [1.29, 1.82) is 0 Å². The van der Waals surface area contributed by atoms with Gasteiger partial charge in [-0.15, -0.1) is 0 Å². The third-order valence-corrected chi connectivity index (χ3v) is 2.52. The lowest BCUT2D eigenvalue weighted by atomic mass is 10.2. The minimum absolute atomic E-state index is 0.0471. The SMILES string of the molecule is CC(C)NC(=O)NC(=O)COC(=O)CNC(=O)c1cccc(F)c1. The average molecular weight is 339 g/mol. The summed E-state index contributed by atoms with van der Waals surface area (Å²) in [4.78, 5) is 45.7. The highest BCUT2D eigenvalue weighted by Crippen LogP contribution is 2.02. The first-order valence-electron chi connectivity index (χ1n) is 7.07. The third kappa shape index (κ3) is 7.34. The standard InChI is InChI=1S/C15H18FN3O5/c1-9(2)18-15(23)19-12(20)8-24-13(21)7-17-14(22)10-4-3-5-11(16)6-10/h3-6,9H,7-8H2,1-2H3,(H,17,22)(H2,18,19,20,23). The van der Waals surface area contributed by atoms with Crippen molar-refractivity contribution in [1.82, 2.24) is 16.0 Å². The van der Waals surface area contributed by atoms with Gasteiger partial charge in [-0.2, -0.15) is 0 Å². The van der Waals surface area contributed by atoms with E-state index in [2.05, 4.69) is 15.4 Å². The van der Waals surface area contributed by atoms with Crippen molar-refractivity contribution in [3.63, 3.8) is 0 Å². The molecule has 0 bridgehead atoms. The number of carbonyl (C=O) groups is 4. The van der Waals surface area contributed by atoms with Gasteiger partial charge in [0.15, 0.2) is 6.61 Å². The fourth-order valence-corrected chi connectivity index (χ4v) is 1.54. The zero-order valence-corrected chi connectivity index (χ0v) is 13.2. The van der Waals surface area contributed by atoms with Crippen LogP contribution in [0.15, 0.2) is 24.3 Å². The van der Waals surface area contributed by atoms with E-state index >= 15 is 0 Å². The highest BCUT2D eigenvalue weighted by atomic mass is 19.1. The molecule has 0 unspecified atom stereocenters. The lowest BCUT2D eigenvalue weighted by Gasteiger charge is -2.09. The summed E-state index contributed by atoms with van der Waals surface area (Å²) in [6.07, 6.45) is 0. The summed E-state index contributed by atoms with van der Waals surface area (Å²) < 4.78 is 17.6. The Balaban J connectivity index is 2.30. The van der Waals surface area contributed by atoms with E-state index < -0.39 is 42.8 Å². The van der Waals surface area contributed by atoms with Crippen LogP contribution in [0.1, 0.15) is 24.2 Å². The van der Waals surface area contributed by atoms with E-state index in [4.69, 9.17) is 0 Å². The summed E-state index contributed by atoms with van der Waals surface area (Å²) in [5, 5.41) is 6.62. The Morgan fingerprint density at radius 1 is 1.21 bits per heavy atom. The Bertz CT molecular complexity index is 633. The molecule has 9 heteroatoms. The predicted octanol–water partition coefficient (Wildman–Crippen LogP) is 0.333. The van der Waals surface area contributed by atoms with Crippen molar-refractivity contribution in [2.45, 2.75) is 19.9 Å². The number of benzene rings is 1. The van der Waals surface area contributed by atoms with E-state index in [0.717, 1.165) is 6.07 Å². The molecule has 0 aromatic heterocycles. The van der Waals surface area contributed by atoms with Crippen LogP contribution in [0.3, 0.4) is 0 Å². The van der Waals surface area contributed by atoms with Gasteiger partial charge in [0.25, 0.3) is 11.8 Å². The minimum atomic E-state index is -0.876. The first-order chi connectivity index (χ1) is 11.3. The number of hydrogen-bond donors (Lipinski definition) is 3. The van der Waals surface area contributed by atoms with Crippen LogP contribution in [0.25, 0.3) is 0 Å². The predicted molar refractivity (Wildman–Crippen MR) is 81.5 cm³/mol. The number of ether oxygens (including phenoxy) is 1. The van der Waals surface area contributed by atoms with Gasteiger partial charge in [-0.3, -0.25) is 19.7 Å². The number of halogens is 1. The van der Waals surface area contributed by atoms with Crippen LogP contribution >= 0.6 is 0 Å². The molecule has 3 N–H and O–H groups in total. The number of carbonyl (C=O) groups excluding carboxylic acids is 4. The van der Waals surface area contributed by atoms with Crippen LogP contribution in [0.5, 0.6) is 0 Å². The molecule has 1 aromatic carbocycles. The van der Waals surface area contributed by atoms with Crippen molar-refractivity contribution in [2.24, 2.45) is 0 Å². The second kappa shape index (κ2) is 9.23. The molecular weight excluding hydrogens is 321 g/mol. The largest absolute Gasteiger partial charge is 0.454 e. The van der Waals surface area contributed by atoms with E-state index in [1.54, 1.807) is 13.8 Å². The highest BCUT2D eigenvalue weighted by molar-refractivity contribution is 5.97. The highest BCUT2D eigenvalue weighted by Gasteiger charge is 2.13. The summed E-state index contributed by atoms with van der Waals surface area (Å²) >= 11 is 0. The van der Waals surface area contributed by atoms with Gasteiger partial charge in [0.2, 0.25) is 0 Å². The van der Waals surface area contributed by atoms with Gasteiger partial charge in [0.05, 0.1) is 0 Å². The number of imide groups is 1. The monoisotopic (exact) mass is 339 g/mol. The van der Waals surface area contributed by atoms with Crippen LogP contribution in [0, 0.1) is 5.82 Å². The maximum absolute atomic E-state index is 13.0. The van der Waals surface area contributed by atoms with Crippen LogP contribution in [0.4, 0.5) is 9.18 Å². The van der Waals surface area contributed by atoms with Crippen LogP contribution < -0.4 is 16.0 Å². The van der Waals surface area contributed by atoms with Gasteiger partial charge in [-0.1, -0.05) is 6.07 Å². The molecule has 0 saturated carbocycles. The van der Waals surface area contributed by atoms with Crippen molar-refractivity contribution in [2.75, 3.05) is 13.2 Å². The molecule has 0 aliphatic carbocycles. The topological polar surface area (TPSA) is 114 Å². The van der Waals surface area contributed by atoms with Crippen molar-refractivity contribution >= 4 is 23.8 Å². The van der Waals surface area contributed by atoms with Gasteiger partial charge < -0.3 is 15.4 Å². The molecule has 0 radical (unpaired) electrons. The Labute approximate surface area is 137 Å². The van der Waals surface area contributed by atoms with Gasteiger partial charge in [-0.05, 0) is 32.0 Å². The molecule has 24 heavy (non-hydrogen) atoms. The maximum atomic E-state index is 13.0. The molecule has 0 aliphatic heterocycles. The molecule has 0 atom stereocenters. The molecule has 1 rings (SSSR count). The van der Waals surface area contributed by atoms with E-state index in [9.17, 15) is 23.6 Å². The third-order valence-electron chi connectivity index (χ3n) is 2.52. The first kappa shape index (κ1) is 19.1. The number of nitrogens with one attached hydrogen (secondary N) is 3. The number of amides is 4. The van der Waals surface area contributed by atoms with Crippen molar-refractivity contribution in [3.8, 4) is 0 Å². The van der Waals surface area contributed by atoms with Crippen molar-refractivity contribution in [3.05, 3.63) is 35.6 Å². The van der Waals surface area contributed by atoms with Gasteiger partial charge in [-0.25, -0.2) is 9.18 Å². The fraction of sp³-hybridized carbons (Fsp3) is 0.333. The normalized spacial score (nSPS) is 10.0. The average Bonchev–Trinajstić information content (AvgIpc) is 2.49. The van der Waals surface area contributed by atoms with E-state index in [-0.39, 0.29) is 11.6 Å². The van der Waals surface area contributed by atoms with Crippen LogP contribution in [-0.2, 0) is 14.3 Å². The fourth-order valence-electron chi connectivity index (χ4n) is 1.54. The Morgan fingerprint density at radius 2 is 1.92 bits per heavy atom. The smallest absolute Gasteiger partial charge is 0.325 e. The van der Waals surface area contributed by atoms with E-state index in [1.807, 2.05) is 5.32 Å². The van der Waals surface area contributed by atoms with Crippen LogP contribution in [-0.4, -0.2) is 43.0 Å². The molecule has 4 amide bonds. The zero-order chi connectivity index (χ0) is 18.1. The quantitative estimate of drug-likeness (QED) is 0.647. The van der Waals surface area contributed by atoms with E-state index in [1.165, 1.54) is 18.2 Å². The maximum Gasteiger partial charge on any atom is 0.325 e. The lowest BCUT2D eigenvalue weighted by molar-refractivity contribution is -0.147. The lowest BCUT2D eigenvalue weighted by Crippen LogP contribution is -2.44. The van der Waals surface area contributed by atoms with Crippen LogP contribution in [0.2, 0.25) is 0 Å². The van der Waals surface area contributed by atoms with Gasteiger partial charge >= 0.3 is 12.0 Å². The van der Waals surface area contributed by atoms with Gasteiger partial charge in [0.1, 0.15) is 12.4 Å². The molecule has 0 fully saturated rings. The summed E-state index contributed by atoms with van der Waals surface area (Å²) in [5.74, 6) is -2.93. The second-order valence-corrected chi connectivity index (χ2v) is 5.03. The van der Waals surface area contributed by atoms with Gasteiger partial charge in [0, 0.05) is 11.6 Å². The molecule has 1 aromatic rings. The summed E-state index contributed by atoms with van der Waals surface area (Å²) in [6, 6.07) is 4.07. The molecular formula is C15H18FN3O5. The summed E-state index contributed by atoms with van der Waals surface area (Å²) in [5.41, 5.74) is 0.0471. The van der Waals surface area contributed by atoms with E-state index in [0.29, 0.717) is 0 Å². The number of urea groups is 1. The Morgan fingerprint density at radius 3 is 2.54 bits per heavy atom. The minimum Gasteiger partial charge on any atom is -0.454 e. The Hall–Kier alpha value is -2.97. The molecule has 0 saturated heterocycles. The number of hydrogen-bond acceptors (Lipinski definition) is 5. The molecule has 130 valence electrons. The number of esters is 1. The summed E-state index contributed by atoms with van der Waals surface area (Å²) in [7, 11) is 0. The first-order valence-corrected chi connectivity index (χ1v) is 7.07. The Kier molecular flexibility index (Phi) is 7.34. The molecule has 0 spiro atoms. The zero-order valence-electron chi connectivity index (χ0n) is 13.2. The number of rotatable bonds is 6.